The fraction of sp³-hybridized carbons (Fsp3) is 0.353. The standard InChI is InChI=1S/C17H14F6N6/c1-8(2)15(12(6-24)13(25)28-14-26-7-27-29(14)15)9-3-10(16(18,19)20)5-11(4-9)17(21,22)23/h3-5,7-8H,25H2,1-2H3,(H,26,27,28). The van der Waals surface area contributed by atoms with Gasteiger partial charge < -0.3 is 11.1 Å². The minimum atomic E-state index is -5.05. The van der Waals surface area contributed by atoms with Crippen molar-refractivity contribution in [3.63, 3.8) is 0 Å². The average Bonchev–Trinajstić information content (AvgIpc) is 3.06. The zero-order chi connectivity index (χ0) is 21.8. The van der Waals surface area contributed by atoms with E-state index in [2.05, 4.69) is 15.4 Å². The molecule has 3 N–H and O–H groups in total. The fourth-order valence-corrected chi connectivity index (χ4v) is 3.52. The Bertz CT molecular complexity index is 949. The van der Waals surface area contributed by atoms with Gasteiger partial charge in [-0.3, -0.25) is 0 Å². The van der Waals surface area contributed by atoms with Crippen molar-refractivity contribution in [1.82, 2.24) is 10.3 Å². The highest BCUT2D eigenvalue weighted by Crippen LogP contribution is 2.48. The van der Waals surface area contributed by atoms with Gasteiger partial charge in [-0.1, -0.05) is 13.8 Å². The maximum atomic E-state index is 13.4. The molecule has 1 unspecified atom stereocenters. The van der Waals surface area contributed by atoms with Crippen molar-refractivity contribution >= 4 is 12.3 Å². The summed E-state index contributed by atoms with van der Waals surface area (Å²) in [5, 5.41) is 17.4. The molecule has 0 aliphatic carbocycles. The van der Waals surface area contributed by atoms with Crippen LogP contribution in [0.3, 0.4) is 0 Å². The molecule has 1 aromatic carbocycles. The van der Waals surface area contributed by atoms with E-state index < -0.39 is 40.5 Å². The molecule has 154 valence electrons. The molecule has 6 nitrogen and oxygen atoms in total. The van der Waals surface area contributed by atoms with Gasteiger partial charge in [0, 0.05) is 0 Å². The first-order valence-corrected chi connectivity index (χ1v) is 8.21. The van der Waals surface area contributed by atoms with E-state index in [1.165, 1.54) is 13.8 Å². The van der Waals surface area contributed by atoms with Gasteiger partial charge in [-0.15, -0.1) is 0 Å². The summed E-state index contributed by atoms with van der Waals surface area (Å²) in [5.74, 6) is -1.06. The van der Waals surface area contributed by atoms with Gasteiger partial charge in [-0.25, -0.2) is 5.01 Å². The van der Waals surface area contributed by atoms with Crippen LogP contribution in [0.15, 0.2) is 39.7 Å². The molecule has 0 spiro atoms. The van der Waals surface area contributed by atoms with E-state index in [0.717, 1.165) is 11.3 Å². The van der Waals surface area contributed by atoms with Crippen molar-refractivity contribution in [1.29, 1.82) is 5.26 Å². The summed E-state index contributed by atoms with van der Waals surface area (Å²) >= 11 is 0. The summed E-state index contributed by atoms with van der Waals surface area (Å²) in [6.07, 6.45) is -8.94. The number of halogens is 6. The highest BCUT2D eigenvalue weighted by molar-refractivity contribution is 5.96. The third-order valence-electron chi connectivity index (χ3n) is 4.74. The van der Waals surface area contributed by atoms with Crippen LogP contribution >= 0.6 is 0 Å². The van der Waals surface area contributed by atoms with Crippen molar-refractivity contribution in [2.24, 2.45) is 21.7 Å². The minimum absolute atomic E-state index is 0.0128. The molecular formula is C17H14F6N6. The van der Waals surface area contributed by atoms with E-state index >= 15 is 0 Å². The molecule has 2 aliphatic rings. The smallest absolute Gasteiger partial charge is 0.383 e. The summed E-state index contributed by atoms with van der Waals surface area (Å²) in [6.45, 7) is 3.07. The zero-order valence-electron chi connectivity index (χ0n) is 15.0. The van der Waals surface area contributed by atoms with Gasteiger partial charge in [0.2, 0.25) is 5.96 Å². The lowest BCUT2D eigenvalue weighted by Crippen LogP contribution is -2.54. The fourth-order valence-electron chi connectivity index (χ4n) is 3.52. The summed E-state index contributed by atoms with van der Waals surface area (Å²) in [6, 6.07) is 2.98. The van der Waals surface area contributed by atoms with E-state index in [4.69, 9.17) is 5.73 Å². The molecule has 0 saturated carbocycles. The number of alkyl halides is 6. The third-order valence-corrected chi connectivity index (χ3v) is 4.74. The molecule has 0 saturated heterocycles. The number of fused-ring (bicyclic) bond motifs is 1. The van der Waals surface area contributed by atoms with E-state index in [0.29, 0.717) is 12.1 Å². The van der Waals surface area contributed by atoms with Crippen molar-refractivity contribution in [3.8, 4) is 6.07 Å². The number of benzene rings is 1. The Morgan fingerprint density at radius 3 is 2.10 bits per heavy atom. The number of nitriles is 1. The molecule has 0 amide bonds. The Morgan fingerprint density at radius 2 is 1.66 bits per heavy atom. The number of nitrogens with zero attached hydrogens (tertiary/aromatic N) is 4. The van der Waals surface area contributed by atoms with Crippen molar-refractivity contribution < 1.29 is 26.3 Å². The first kappa shape index (κ1) is 20.5. The topological polar surface area (TPSA) is 89.8 Å². The molecule has 0 fully saturated rings. The van der Waals surface area contributed by atoms with Crippen LogP contribution in [0.25, 0.3) is 0 Å². The highest BCUT2D eigenvalue weighted by Gasteiger charge is 2.53. The second-order valence-electron chi connectivity index (χ2n) is 6.72. The molecule has 0 radical (unpaired) electrons. The van der Waals surface area contributed by atoms with Crippen LogP contribution in [-0.2, 0) is 17.9 Å². The molecule has 29 heavy (non-hydrogen) atoms. The van der Waals surface area contributed by atoms with E-state index in [-0.39, 0.29) is 23.4 Å². The second kappa shape index (κ2) is 6.40. The molecular weight excluding hydrogens is 402 g/mol. The summed E-state index contributed by atoms with van der Waals surface area (Å²) in [4.78, 5) is 3.94. The maximum absolute atomic E-state index is 13.4. The van der Waals surface area contributed by atoms with Gasteiger partial charge >= 0.3 is 12.4 Å². The predicted octanol–water partition coefficient (Wildman–Crippen LogP) is 3.49. The Hall–Kier alpha value is -3.23. The van der Waals surface area contributed by atoms with Gasteiger partial charge in [-0.2, -0.15) is 41.7 Å². The number of guanidine groups is 1. The highest BCUT2D eigenvalue weighted by atomic mass is 19.4. The summed E-state index contributed by atoms with van der Waals surface area (Å²) < 4.78 is 80.4. The van der Waals surface area contributed by atoms with Crippen molar-refractivity contribution in [2.75, 3.05) is 0 Å². The predicted molar refractivity (Wildman–Crippen MR) is 90.7 cm³/mol. The maximum Gasteiger partial charge on any atom is 0.416 e. The zero-order valence-corrected chi connectivity index (χ0v) is 15.0. The molecule has 1 atom stereocenters. The van der Waals surface area contributed by atoms with Crippen molar-refractivity contribution in [3.05, 3.63) is 46.3 Å². The molecule has 12 heteroatoms. The first-order chi connectivity index (χ1) is 13.3. The Kier molecular flexibility index (Phi) is 4.52. The van der Waals surface area contributed by atoms with Crippen LogP contribution in [0, 0.1) is 17.2 Å². The lowest BCUT2D eigenvalue weighted by Gasteiger charge is -2.45. The van der Waals surface area contributed by atoms with Crippen LogP contribution < -0.4 is 11.1 Å². The summed E-state index contributed by atoms with van der Waals surface area (Å²) in [5.41, 5.74) is 0.278. The Balaban J connectivity index is 2.43. The minimum Gasteiger partial charge on any atom is -0.383 e. The number of rotatable bonds is 2. The van der Waals surface area contributed by atoms with Gasteiger partial charge in [0.05, 0.1) is 11.1 Å². The molecule has 2 aliphatic heterocycles. The van der Waals surface area contributed by atoms with Gasteiger partial charge in [-0.05, 0) is 29.7 Å². The van der Waals surface area contributed by atoms with Gasteiger partial charge in [0.25, 0.3) is 0 Å². The number of nitrogens with one attached hydrogen (secondary N) is 1. The number of hydrogen-bond acceptors (Lipinski definition) is 6. The Morgan fingerprint density at radius 1 is 1.10 bits per heavy atom. The largest absolute Gasteiger partial charge is 0.416 e. The van der Waals surface area contributed by atoms with Gasteiger partial charge in [0.1, 0.15) is 29.3 Å². The summed E-state index contributed by atoms with van der Waals surface area (Å²) in [7, 11) is 0. The lowest BCUT2D eigenvalue weighted by molar-refractivity contribution is -0.143. The van der Waals surface area contributed by atoms with Crippen LogP contribution in [0.1, 0.15) is 30.5 Å². The van der Waals surface area contributed by atoms with Crippen LogP contribution in [0.5, 0.6) is 0 Å². The van der Waals surface area contributed by atoms with Crippen LogP contribution in [-0.4, -0.2) is 17.3 Å². The average molecular weight is 416 g/mol. The quantitative estimate of drug-likeness (QED) is 0.723. The normalized spacial score (nSPS) is 21.8. The monoisotopic (exact) mass is 416 g/mol. The number of nitrogens with two attached hydrogens (primary N) is 1. The first-order valence-electron chi connectivity index (χ1n) is 8.21. The molecule has 3 rings (SSSR count). The van der Waals surface area contributed by atoms with Crippen LogP contribution in [0.2, 0.25) is 0 Å². The number of aliphatic imine (C=N–C) groups is 1. The Labute approximate surface area is 161 Å². The lowest BCUT2D eigenvalue weighted by atomic mass is 9.72. The van der Waals surface area contributed by atoms with E-state index in [9.17, 15) is 31.6 Å². The van der Waals surface area contributed by atoms with Crippen molar-refractivity contribution in [2.45, 2.75) is 31.7 Å². The van der Waals surface area contributed by atoms with E-state index in [1.807, 2.05) is 0 Å². The molecule has 0 aromatic heterocycles. The number of hydrazone groups is 1. The van der Waals surface area contributed by atoms with Gasteiger partial charge in [0.15, 0.2) is 0 Å². The molecule has 1 aromatic rings. The SMILES string of the molecule is CC(C)C1(c2cc(C(F)(F)F)cc(C(F)(F)F)c2)C(C#N)=C(N)N=C2NC=NN21. The number of hydrogen-bond donors (Lipinski definition) is 2. The molecule has 0 bridgehead atoms. The van der Waals surface area contributed by atoms with E-state index in [1.54, 1.807) is 6.07 Å². The second-order valence-corrected chi connectivity index (χ2v) is 6.72. The third kappa shape index (κ3) is 3.06. The van der Waals surface area contributed by atoms with Crippen LogP contribution in [0.4, 0.5) is 26.3 Å². The molecule has 2 heterocycles.